The molecule has 154 valence electrons. The van der Waals surface area contributed by atoms with Gasteiger partial charge in [0.05, 0.1) is 28.1 Å². The van der Waals surface area contributed by atoms with Crippen molar-refractivity contribution in [1.82, 2.24) is 5.32 Å². The molecule has 3 fully saturated rings. The van der Waals surface area contributed by atoms with Gasteiger partial charge in [-0.15, -0.1) is 0 Å². The molecule has 2 saturated carbocycles. The van der Waals surface area contributed by atoms with Crippen molar-refractivity contribution >= 4 is 35.0 Å². The van der Waals surface area contributed by atoms with Gasteiger partial charge in [0, 0.05) is 6.54 Å². The summed E-state index contributed by atoms with van der Waals surface area (Å²) >= 11 is 6.27. The number of imide groups is 1. The molecule has 0 radical (unpaired) electrons. The molecule has 0 unspecified atom stereocenters. The maximum absolute atomic E-state index is 13.1. The smallest absolute Gasteiger partial charge is 0.252 e. The molecule has 4 atom stereocenters. The molecular weight excluding hydrogens is 400 g/mol. The van der Waals surface area contributed by atoms with E-state index in [1.54, 1.807) is 18.2 Å². The molecule has 1 N–H and O–H groups in total. The van der Waals surface area contributed by atoms with Crippen LogP contribution in [0.3, 0.4) is 0 Å². The fourth-order valence-electron chi connectivity index (χ4n) is 5.55. The van der Waals surface area contributed by atoms with Crippen LogP contribution in [0.1, 0.15) is 35.2 Å². The Morgan fingerprint density at radius 1 is 1.00 bits per heavy atom. The molecule has 2 aliphatic carbocycles. The lowest BCUT2D eigenvalue weighted by atomic mass is 9.81. The van der Waals surface area contributed by atoms with E-state index in [0.29, 0.717) is 35.5 Å². The summed E-state index contributed by atoms with van der Waals surface area (Å²) < 4.78 is 0. The Hall–Kier alpha value is -2.66. The summed E-state index contributed by atoms with van der Waals surface area (Å²) in [5, 5.41) is 3.18. The normalized spacial score (nSPS) is 26.9. The number of hydrogen-bond acceptors (Lipinski definition) is 3. The van der Waals surface area contributed by atoms with E-state index >= 15 is 0 Å². The Morgan fingerprint density at radius 3 is 2.33 bits per heavy atom. The van der Waals surface area contributed by atoms with Crippen molar-refractivity contribution in [1.29, 1.82) is 0 Å². The highest BCUT2D eigenvalue weighted by Crippen LogP contribution is 2.56. The second-order valence-electron chi connectivity index (χ2n) is 8.55. The van der Waals surface area contributed by atoms with Crippen LogP contribution >= 0.6 is 11.6 Å². The topological polar surface area (TPSA) is 66.5 Å². The molecule has 2 bridgehead atoms. The van der Waals surface area contributed by atoms with Crippen molar-refractivity contribution < 1.29 is 14.4 Å². The van der Waals surface area contributed by atoms with Crippen molar-refractivity contribution in [3.8, 4) is 0 Å². The molecule has 2 aromatic carbocycles. The number of carbonyl (C=O) groups is 3. The van der Waals surface area contributed by atoms with Crippen molar-refractivity contribution in [3.05, 3.63) is 64.7 Å². The molecule has 2 aromatic rings. The summed E-state index contributed by atoms with van der Waals surface area (Å²) in [6, 6.07) is 14.7. The van der Waals surface area contributed by atoms with Crippen molar-refractivity contribution in [3.63, 3.8) is 0 Å². The molecular formula is C24H23ClN2O3. The van der Waals surface area contributed by atoms with Gasteiger partial charge in [-0.1, -0.05) is 41.9 Å². The number of nitrogens with one attached hydrogen (secondary N) is 1. The van der Waals surface area contributed by atoms with Crippen LogP contribution in [0.15, 0.2) is 48.5 Å². The Kier molecular flexibility index (Phi) is 4.86. The number of halogens is 1. The third-order valence-electron chi connectivity index (χ3n) is 6.92. The number of carbonyl (C=O) groups excluding carboxylic acids is 3. The standard InChI is InChI=1S/C24H23ClN2O3/c25-19-9-8-17(13-18(19)22(28)26-11-10-14-4-2-1-3-5-14)27-23(29)20-15-6-7-16(12-15)21(20)24(27)30/h1-5,8-9,13,15-16,20-21H,6-7,10-12H2,(H,26,28)/t15-,16-,20-,21-/m0/s1. The molecule has 30 heavy (non-hydrogen) atoms. The van der Waals surface area contributed by atoms with E-state index in [2.05, 4.69) is 5.32 Å². The molecule has 1 saturated heterocycles. The zero-order valence-electron chi connectivity index (χ0n) is 16.5. The minimum atomic E-state index is -0.308. The lowest BCUT2D eigenvalue weighted by Gasteiger charge is -2.19. The number of benzene rings is 2. The molecule has 1 heterocycles. The minimum absolute atomic E-state index is 0.116. The first-order valence-electron chi connectivity index (χ1n) is 10.5. The van der Waals surface area contributed by atoms with Gasteiger partial charge in [-0.3, -0.25) is 19.3 Å². The van der Waals surface area contributed by atoms with Gasteiger partial charge in [0.25, 0.3) is 5.91 Å². The van der Waals surface area contributed by atoms with Crippen molar-refractivity contribution in [2.75, 3.05) is 11.4 Å². The van der Waals surface area contributed by atoms with E-state index < -0.39 is 0 Å². The summed E-state index contributed by atoms with van der Waals surface area (Å²) in [4.78, 5) is 40.1. The van der Waals surface area contributed by atoms with Gasteiger partial charge in [-0.25, -0.2) is 0 Å². The molecule has 0 aromatic heterocycles. The SMILES string of the molecule is O=C(NCCc1ccccc1)c1cc(N2C(=O)[C@H]3[C@H]4CC[C@@H](C4)[C@@H]3C2=O)ccc1Cl. The third-order valence-corrected chi connectivity index (χ3v) is 7.25. The van der Waals surface area contributed by atoms with Gasteiger partial charge in [0.15, 0.2) is 0 Å². The summed E-state index contributed by atoms with van der Waals surface area (Å²) in [6.07, 6.45) is 3.78. The fourth-order valence-corrected chi connectivity index (χ4v) is 5.75. The highest BCUT2D eigenvalue weighted by molar-refractivity contribution is 6.34. The Bertz CT molecular complexity index is 994. The van der Waals surface area contributed by atoms with E-state index in [1.165, 1.54) is 4.90 Å². The van der Waals surface area contributed by atoms with Crippen molar-refractivity contribution in [2.24, 2.45) is 23.7 Å². The highest BCUT2D eigenvalue weighted by atomic mass is 35.5. The lowest BCUT2D eigenvalue weighted by Crippen LogP contribution is -2.33. The predicted octanol–water partition coefficient (Wildman–Crippen LogP) is 3.85. The quantitative estimate of drug-likeness (QED) is 0.744. The molecule has 6 heteroatoms. The Labute approximate surface area is 180 Å². The number of fused-ring (bicyclic) bond motifs is 5. The fraction of sp³-hybridized carbons (Fsp3) is 0.375. The van der Waals surface area contributed by atoms with Crippen LogP contribution < -0.4 is 10.2 Å². The summed E-state index contributed by atoms with van der Waals surface area (Å²) in [5.41, 5.74) is 1.85. The lowest BCUT2D eigenvalue weighted by molar-refractivity contribution is -0.123. The van der Waals surface area contributed by atoms with E-state index in [0.717, 1.165) is 24.8 Å². The monoisotopic (exact) mass is 422 g/mol. The highest BCUT2D eigenvalue weighted by Gasteiger charge is 2.61. The van der Waals surface area contributed by atoms with Crippen LogP contribution in [0.5, 0.6) is 0 Å². The second kappa shape index (κ2) is 7.55. The zero-order valence-corrected chi connectivity index (χ0v) is 17.3. The van der Waals surface area contributed by atoms with E-state index in [4.69, 9.17) is 11.6 Å². The van der Waals surface area contributed by atoms with Gasteiger partial charge in [-0.2, -0.15) is 0 Å². The molecule has 5 nitrogen and oxygen atoms in total. The van der Waals surface area contributed by atoms with Crippen LogP contribution in [-0.2, 0) is 16.0 Å². The number of nitrogens with zero attached hydrogens (tertiary/aromatic N) is 1. The predicted molar refractivity (Wildman–Crippen MR) is 114 cm³/mol. The first-order chi connectivity index (χ1) is 14.5. The number of amides is 3. The largest absolute Gasteiger partial charge is 0.352 e. The average molecular weight is 423 g/mol. The first kappa shape index (κ1) is 19.3. The van der Waals surface area contributed by atoms with E-state index in [1.807, 2.05) is 30.3 Å². The van der Waals surface area contributed by atoms with Gasteiger partial charge in [-0.05, 0) is 61.3 Å². The zero-order chi connectivity index (χ0) is 20.8. The molecule has 0 spiro atoms. The molecule has 5 rings (SSSR count). The average Bonchev–Trinajstić information content (AvgIpc) is 3.43. The van der Waals surface area contributed by atoms with Gasteiger partial charge in [0.1, 0.15) is 0 Å². The number of rotatable bonds is 5. The van der Waals surface area contributed by atoms with Crippen LogP contribution in [0, 0.1) is 23.7 Å². The minimum Gasteiger partial charge on any atom is -0.352 e. The van der Waals surface area contributed by atoms with E-state index in [-0.39, 0.29) is 35.1 Å². The second-order valence-corrected chi connectivity index (χ2v) is 8.96. The number of anilines is 1. The Morgan fingerprint density at radius 2 is 1.67 bits per heavy atom. The van der Waals surface area contributed by atoms with Gasteiger partial charge < -0.3 is 5.32 Å². The van der Waals surface area contributed by atoms with Crippen LogP contribution in [0.25, 0.3) is 0 Å². The van der Waals surface area contributed by atoms with Gasteiger partial charge >= 0.3 is 0 Å². The van der Waals surface area contributed by atoms with Crippen LogP contribution in [0.4, 0.5) is 5.69 Å². The van der Waals surface area contributed by atoms with E-state index in [9.17, 15) is 14.4 Å². The third kappa shape index (κ3) is 3.12. The van der Waals surface area contributed by atoms with Crippen LogP contribution in [-0.4, -0.2) is 24.3 Å². The first-order valence-corrected chi connectivity index (χ1v) is 10.9. The van der Waals surface area contributed by atoms with Gasteiger partial charge in [0.2, 0.25) is 11.8 Å². The Balaban J connectivity index is 1.33. The summed E-state index contributed by atoms with van der Waals surface area (Å²) in [5.74, 6) is -0.253. The van der Waals surface area contributed by atoms with Crippen LogP contribution in [0.2, 0.25) is 5.02 Å². The molecule has 3 amide bonds. The maximum atomic E-state index is 13.1. The summed E-state index contributed by atoms with van der Waals surface area (Å²) in [7, 11) is 0. The molecule has 1 aliphatic heterocycles. The maximum Gasteiger partial charge on any atom is 0.252 e. The number of hydrogen-bond donors (Lipinski definition) is 1. The summed E-state index contributed by atoms with van der Waals surface area (Å²) in [6.45, 7) is 0.471. The van der Waals surface area contributed by atoms with Crippen molar-refractivity contribution in [2.45, 2.75) is 25.7 Å². The molecule has 3 aliphatic rings.